The number of aryl methyl sites for hydroxylation is 2. The van der Waals surface area contributed by atoms with Crippen LogP contribution in [-0.2, 0) is 32.5 Å². The minimum Gasteiger partial charge on any atom is -0.406 e. The van der Waals surface area contributed by atoms with Gasteiger partial charge in [-0.15, -0.1) is 50.4 Å². The van der Waals surface area contributed by atoms with Crippen molar-refractivity contribution in [3.63, 3.8) is 0 Å². The molecule has 332 valence electrons. The number of ether oxygens (including phenoxy) is 2. The van der Waals surface area contributed by atoms with Gasteiger partial charge >= 0.3 is 12.7 Å². The molecule has 0 fully saturated rings. The van der Waals surface area contributed by atoms with Gasteiger partial charge in [-0.2, -0.15) is 0 Å². The molecule has 0 bridgehead atoms. The van der Waals surface area contributed by atoms with E-state index in [2.05, 4.69) is 24.2 Å². The quantitative estimate of drug-likeness (QED) is 0.100. The fourth-order valence-electron chi connectivity index (χ4n) is 5.65. The van der Waals surface area contributed by atoms with E-state index in [0.717, 1.165) is 23.6 Å². The smallest absolute Gasteiger partial charge is 0.406 e. The number of benzene rings is 4. The largest absolute Gasteiger partial charge is 0.573 e. The van der Waals surface area contributed by atoms with Crippen molar-refractivity contribution in [3.05, 3.63) is 156 Å². The van der Waals surface area contributed by atoms with Crippen molar-refractivity contribution in [2.45, 2.75) is 39.0 Å². The first-order valence-corrected chi connectivity index (χ1v) is 22.0. The Kier molecular flexibility index (Phi) is 18.0. The number of pyridine rings is 2. The monoisotopic (exact) mass is 944 g/mol. The maximum atomic E-state index is 12.5. The van der Waals surface area contributed by atoms with Crippen molar-refractivity contribution >= 4 is 55.4 Å². The Labute approximate surface area is 367 Å². The molecule has 0 aliphatic rings. The van der Waals surface area contributed by atoms with Crippen molar-refractivity contribution in [2.75, 3.05) is 21.5 Å². The van der Waals surface area contributed by atoms with E-state index in [9.17, 15) is 43.2 Å². The van der Waals surface area contributed by atoms with Crippen LogP contribution in [0.3, 0.4) is 0 Å². The summed E-state index contributed by atoms with van der Waals surface area (Å²) in [7, 11) is -6.97. The fraction of sp³-hybridized carbons (Fsp3) is 0.190. The van der Waals surface area contributed by atoms with Gasteiger partial charge in [0.25, 0.3) is 0 Å². The zero-order valence-corrected chi connectivity index (χ0v) is 36.5. The number of nitrogens with one attached hydrogen (secondary N) is 1. The predicted molar refractivity (Wildman–Crippen MR) is 231 cm³/mol. The van der Waals surface area contributed by atoms with Gasteiger partial charge in [0.2, 0.25) is 20.0 Å². The van der Waals surface area contributed by atoms with Crippen LogP contribution in [0.15, 0.2) is 134 Å². The highest BCUT2D eigenvalue weighted by Gasteiger charge is 2.32. The minimum atomic E-state index is -4.78. The third-order valence-electron chi connectivity index (χ3n) is 8.11. The summed E-state index contributed by atoms with van der Waals surface area (Å²) < 4.78 is 133. The van der Waals surface area contributed by atoms with Crippen LogP contribution in [-0.4, -0.2) is 52.0 Å². The second-order valence-electron chi connectivity index (χ2n) is 13.2. The molecule has 0 atom stereocenters. The highest BCUT2D eigenvalue weighted by atomic mass is 35.5. The van der Waals surface area contributed by atoms with Gasteiger partial charge in [0.1, 0.15) is 11.5 Å². The Morgan fingerprint density at radius 3 is 1.52 bits per heavy atom. The summed E-state index contributed by atoms with van der Waals surface area (Å²) in [6, 6.07) is 28.3. The Morgan fingerprint density at radius 2 is 1.13 bits per heavy atom. The number of hydrogen-bond donors (Lipinski definition) is 1. The fourth-order valence-corrected chi connectivity index (χ4v) is 7.24. The van der Waals surface area contributed by atoms with Crippen LogP contribution in [0.4, 0.5) is 37.7 Å². The van der Waals surface area contributed by atoms with E-state index in [1.165, 1.54) is 40.7 Å². The maximum Gasteiger partial charge on any atom is 0.573 e. The van der Waals surface area contributed by atoms with E-state index in [0.29, 0.717) is 50.6 Å². The molecule has 20 heteroatoms. The van der Waals surface area contributed by atoms with Crippen molar-refractivity contribution in [2.24, 2.45) is 0 Å². The third kappa shape index (κ3) is 17.1. The lowest BCUT2D eigenvalue weighted by atomic mass is 10.00. The molecule has 0 radical (unpaired) electrons. The van der Waals surface area contributed by atoms with Gasteiger partial charge in [-0.25, -0.2) is 16.8 Å². The van der Waals surface area contributed by atoms with Gasteiger partial charge < -0.3 is 9.47 Å². The lowest BCUT2D eigenvalue weighted by Crippen LogP contribution is -2.29. The number of halogens is 8. The number of nitrogens with zero attached hydrogens (tertiary/aromatic N) is 3. The number of aromatic nitrogens is 2. The van der Waals surface area contributed by atoms with Crippen molar-refractivity contribution in [1.29, 1.82) is 0 Å². The Bertz CT molecular complexity index is 2610. The molecule has 0 saturated carbocycles. The molecule has 1 N–H and O–H groups in total. The average Bonchev–Trinajstić information content (AvgIpc) is 3.16. The highest BCUT2D eigenvalue weighted by molar-refractivity contribution is 7.92. The molecule has 2 heterocycles. The topological polar surface area (TPSA) is 128 Å². The van der Waals surface area contributed by atoms with Gasteiger partial charge in [-0.3, -0.25) is 19.0 Å². The maximum absolute atomic E-state index is 12.5. The first kappa shape index (κ1) is 50.8. The third-order valence-corrected chi connectivity index (χ3v) is 10.2. The summed E-state index contributed by atoms with van der Waals surface area (Å²) >= 11 is 5.49. The van der Waals surface area contributed by atoms with E-state index in [4.69, 9.17) is 11.6 Å². The van der Waals surface area contributed by atoms with Gasteiger partial charge in [-0.05, 0) is 119 Å². The molecule has 0 aliphatic heterocycles. The summed E-state index contributed by atoms with van der Waals surface area (Å²) in [6.45, 7) is 3.61. The van der Waals surface area contributed by atoms with Crippen molar-refractivity contribution < 1.29 is 52.7 Å². The molecular weight excluding hydrogens is 906 g/mol. The van der Waals surface area contributed by atoms with Crippen LogP contribution < -0.4 is 18.5 Å². The van der Waals surface area contributed by atoms with Crippen molar-refractivity contribution in [1.82, 2.24) is 9.97 Å². The average molecular weight is 946 g/mol. The highest BCUT2D eigenvalue weighted by Crippen LogP contribution is 2.34. The second-order valence-corrected chi connectivity index (χ2v) is 17.1. The Morgan fingerprint density at radius 1 is 0.645 bits per heavy atom. The lowest BCUT2D eigenvalue weighted by Gasteiger charge is -2.23. The van der Waals surface area contributed by atoms with Gasteiger partial charge in [0.15, 0.2) is 0 Å². The van der Waals surface area contributed by atoms with Crippen LogP contribution in [0.2, 0.25) is 0 Å². The molecule has 0 unspecified atom stereocenters. The molecule has 0 aliphatic carbocycles. The normalized spacial score (nSPS) is 11.4. The van der Waals surface area contributed by atoms with E-state index in [1.807, 2.05) is 12.1 Å². The Balaban J connectivity index is 0.000000282. The van der Waals surface area contributed by atoms with E-state index < -0.39 is 32.8 Å². The molecule has 10 nitrogen and oxygen atoms in total. The number of anilines is 2. The summed E-state index contributed by atoms with van der Waals surface area (Å²) in [5.41, 5.74) is 6.45. The summed E-state index contributed by atoms with van der Waals surface area (Å²) in [5, 5.41) is 0. The van der Waals surface area contributed by atoms with Crippen LogP contribution in [0.5, 0.6) is 11.5 Å². The first-order chi connectivity index (χ1) is 28.5. The predicted octanol–water partition coefficient (Wildman–Crippen LogP) is 11.1. The van der Waals surface area contributed by atoms with Crippen LogP contribution in [0, 0.1) is 13.8 Å². The SMILES string of the molecule is Cc1cc(N(Cc2cccnc2)S(C)(=O)=O)ccc1-c1cccc(OC(F)(F)F)c1.Cc1cc(NS(C)(=O)=O)ccc1-c1cccc(OC(F)(F)F)c1.Cl.ClCc1cccnc1. The number of sulfonamides is 2. The molecule has 4 aromatic carbocycles. The Hall–Kier alpha value is -5.56. The van der Waals surface area contributed by atoms with Gasteiger partial charge in [0.05, 0.1) is 24.7 Å². The minimum absolute atomic E-state index is 0. The molecule has 0 spiro atoms. The first-order valence-electron chi connectivity index (χ1n) is 17.7. The van der Waals surface area contributed by atoms with Crippen molar-refractivity contribution in [3.8, 4) is 33.8 Å². The molecule has 6 rings (SSSR count). The number of hydrogen-bond acceptors (Lipinski definition) is 8. The molecule has 0 saturated heterocycles. The van der Waals surface area contributed by atoms with E-state index in [1.54, 1.807) is 99.3 Å². The van der Waals surface area contributed by atoms with Gasteiger partial charge in [0, 0.05) is 36.4 Å². The van der Waals surface area contributed by atoms with E-state index in [-0.39, 0.29) is 30.5 Å². The molecular formula is C42H40Cl2F6N4O6S2. The van der Waals surface area contributed by atoms with E-state index >= 15 is 0 Å². The second kappa shape index (κ2) is 22.0. The summed E-state index contributed by atoms with van der Waals surface area (Å²) in [6.07, 6.45) is -0.700. The number of rotatable bonds is 11. The van der Waals surface area contributed by atoms with Crippen LogP contribution in [0.1, 0.15) is 22.3 Å². The zero-order valence-electron chi connectivity index (χ0n) is 33.3. The van der Waals surface area contributed by atoms with Crippen LogP contribution >= 0.6 is 24.0 Å². The molecule has 0 amide bonds. The summed E-state index contributed by atoms with van der Waals surface area (Å²) in [4.78, 5) is 7.88. The number of alkyl halides is 7. The molecule has 62 heavy (non-hydrogen) atoms. The summed E-state index contributed by atoms with van der Waals surface area (Å²) in [5.74, 6) is -0.0843. The molecule has 6 aromatic rings. The van der Waals surface area contributed by atoms with Crippen LogP contribution in [0.25, 0.3) is 22.3 Å². The lowest BCUT2D eigenvalue weighted by molar-refractivity contribution is -0.275. The zero-order chi connectivity index (χ0) is 45.0. The molecule has 2 aromatic heterocycles. The standard InChI is InChI=1S/C21H19F3N2O3S.C15H14F3NO3S.C6H6ClN.ClH/c1-15-11-18(26(30(2,27)28)14-16-5-4-10-25-13-16)8-9-20(15)17-6-3-7-19(12-17)29-21(22,23)24;1-10-8-12(19-23(2,20)21)6-7-14(10)11-4-3-5-13(9-11)22-15(16,17)18;7-4-6-2-1-3-8-5-6;/h3-13H,14H2,1-2H3;3-9,19H,1-2H3;1-3,5H,4H2;1H. The van der Waals surface area contributed by atoms with Gasteiger partial charge in [-0.1, -0.05) is 48.5 Å².